The van der Waals surface area contributed by atoms with Crippen molar-refractivity contribution in [1.29, 1.82) is 0 Å². The van der Waals surface area contributed by atoms with Crippen molar-refractivity contribution in [1.82, 2.24) is 19.4 Å². The van der Waals surface area contributed by atoms with Crippen LogP contribution in [0.2, 0.25) is 5.02 Å². The average molecular weight is 625 g/mol. The smallest absolute Gasteiger partial charge is 0.436 e. The Hall–Kier alpha value is -4.64. The van der Waals surface area contributed by atoms with E-state index in [-0.39, 0.29) is 47.1 Å². The van der Waals surface area contributed by atoms with E-state index >= 15 is 0 Å². The fraction of sp³-hybridized carbons (Fsp3) is 0.250. The maximum atomic E-state index is 13.8. The predicted octanol–water partition coefficient (Wildman–Crippen LogP) is 7.46. The van der Waals surface area contributed by atoms with E-state index in [0.717, 1.165) is 21.5 Å². The molecule has 44 heavy (non-hydrogen) atoms. The zero-order valence-corrected chi connectivity index (χ0v) is 25.0. The number of Topliss-reactive ketones (excluding diaryl/α,β-unsaturated/α-hetero) is 1. The molecule has 3 aromatic heterocycles. The van der Waals surface area contributed by atoms with Crippen molar-refractivity contribution in [2.75, 3.05) is 0 Å². The first-order valence-electron chi connectivity index (χ1n) is 13.6. The lowest BCUT2D eigenvalue weighted by atomic mass is 10.0. The van der Waals surface area contributed by atoms with Gasteiger partial charge in [-0.25, -0.2) is 14.0 Å². The Morgan fingerprint density at radius 2 is 1.66 bits per heavy atom. The van der Waals surface area contributed by atoms with Crippen molar-refractivity contribution in [2.24, 2.45) is 0 Å². The highest BCUT2D eigenvalue weighted by atomic mass is 35.5. The molecule has 0 saturated carbocycles. The van der Waals surface area contributed by atoms with Crippen LogP contribution in [0, 0.1) is 6.92 Å². The molecule has 12 heteroatoms. The van der Waals surface area contributed by atoms with Crippen LogP contribution in [0.1, 0.15) is 64.1 Å². The third-order valence-electron chi connectivity index (χ3n) is 6.48. The number of pyridine rings is 1. The summed E-state index contributed by atoms with van der Waals surface area (Å²) in [6, 6.07) is 17.7. The van der Waals surface area contributed by atoms with E-state index in [2.05, 4.69) is 10.2 Å². The number of esters is 1. The van der Waals surface area contributed by atoms with Crippen LogP contribution in [-0.4, -0.2) is 36.7 Å². The zero-order valence-electron chi connectivity index (χ0n) is 24.3. The van der Waals surface area contributed by atoms with Crippen molar-refractivity contribution in [3.8, 4) is 11.4 Å². The minimum Gasteiger partial charge on any atom is -0.487 e. The Morgan fingerprint density at radius 1 is 0.932 bits per heavy atom. The highest BCUT2D eigenvalue weighted by molar-refractivity contribution is 6.32. The molecule has 0 aliphatic rings. The van der Waals surface area contributed by atoms with E-state index in [0.29, 0.717) is 0 Å². The Kier molecular flexibility index (Phi) is 8.26. The second-order valence-electron chi connectivity index (χ2n) is 11.2. The van der Waals surface area contributed by atoms with Gasteiger partial charge in [0.25, 0.3) is 0 Å². The second kappa shape index (κ2) is 11.8. The fourth-order valence-electron chi connectivity index (χ4n) is 4.51. The highest BCUT2D eigenvalue weighted by Gasteiger charge is 2.39. The van der Waals surface area contributed by atoms with Crippen molar-refractivity contribution < 1.29 is 32.2 Å². The molecule has 2 aromatic carbocycles. The van der Waals surface area contributed by atoms with Crippen molar-refractivity contribution in [3.05, 3.63) is 112 Å². The number of halogens is 4. The molecule has 0 aliphatic carbocycles. The number of aryl methyl sites for hydroxylation is 1. The number of ether oxygens (including phenoxy) is 2. The molecule has 0 saturated heterocycles. The first-order valence-corrected chi connectivity index (χ1v) is 13.9. The van der Waals surface area contributed by atoms with E-state index in [4.69, 9.17) is 21.1 Å². The van der Waals surface area contributed by atoms with Gasteiger partial charge in [-0.3, -0.25) is 4.79 Å². The van der Waals surface area contributed by atoms with E-state index in [9.17, 15) is 22.8 Å². The summed E-state index contributed by atoms with van der Waals surface area (Å²) in [6.45, 7) is 6.74. The van der Waals surface area contributed by atoms with Crippen LogP contribution in [-0.2, 0) is 23.9 Å². The predicted molar refractivity (Wildman–Crippen MR) is 157 cm³/mol. The van der Waals surface area contributed by atoms with Crippen LogP contribution in [0.4, 0.5) is 13.2 Å². The van der Waals surface area contributed by atoms with Crippen molar-refractivity contribution in [2.45, 2.75) is 52.5 Å². The summed E-state index contributed by atoms with van der Waals surface area (Å²) < 4.78 is 55.3. The summed E-state index contributed by atoms with van der Waals surface area (Å²) in [5.41, 5.74) is 1.21. The average Bonchev–Trinajstić information content (AvgIpc) is 3.49. The molecule has 3 heterocycles. The molecular weight excluding hydrogens is 597 g/mol. The summed E-state index contributed by atoms with van der Waals surface area (Å²) in [5, 5.41) is 7.46. The lowest BCUT2D eigenvalue weighted by Gasteiger charge is -2.19. The third-order valence-corrected chi connectivity index (χ3v) is 6.87. The Morgan fingerprint density at radius 3 is 2.34 bits per heavy atom. The summed E-state index contributed by atoms with van der Waals surface area (Å²) in [4.78, 5) is 25.5. The number of fused-ring (bicyclic) bond motifs is 1. The molecule has 0 amide bonds. The number of rotatable bonds is 8. The minimum atomic E-state index is -4.83. The molecule has 8 nitrogen and oxygen atoms in total. The summed E-state index contributed by atoms with van der Waals surface area (Å²) in [6.07, 6.45) is -2.99. The molecule has 0 radical (unpaired) electrons. The fourth-order valence-corrected chi connectivity index (χ4v) is 4.79. The number of alkyl halides is 3. The lowest BCUT2D eigenvalue weighted by molar-refractivity contribution is -0.141. The van der Waals surface area contributed by atoms with Gasteiger partial charge in [0.15, 0.2) is 11.5 Å². The molecule has 5 aromatic rings. The highest BCUT2D eigenvalue weighted by Crippen LogP contribution is 2.37. The van der Waals surface area contributed by atoms with Crippen molar-refractivity contribution >= 4 is 28.9 Å². The van der Waals surface area contributed by atoms with Crippen LogP contribution in [0.25, 0.3) is 11.2 Å². The second-order valence-corrected chi connectivity index (χ2v) is 11.6. The Bertz CT molecular complexity index is 1850. The summed E-state index contributed by atoms with van der Waals surface area (Å²) in [7, 11) is 0. The third kappa shape index (κ3) is 6.94. The van der Waals surface area contributed by atoms with Crippen LogP contribution in [0.5, 0.6) is 5.75 Å². The molecule has 228 valence electrons. The van der Waals surface area contributed by atoms with E-state index in [1.54, 1.807) is 49.7 Å². The van der Waals surface area contributed by atoms with Gasteiger partial charge in [0.2, 0.25) is 0 Å². The maximum Gasteiger partial charge on any atom is 0.436 e. The quantitative estimate of drug-likeness (QED) is 0.132. The van der Waals surface area contributed by atoms with Gasteiger partial charge >= 0.3 is 12.1 Å². The van der Waals surface area contributed by atoms with Gasteiger partial charge in [0.05, 0.1) is 27.5 Å². The SMILES string of the molecule is Cc1cc2cc(CC(=O)c3cccc(-n4nc(C(F)(F)F)c(Cl)c4COc4ccc(C(=O)OC(C)(C)C)cc4)c3)ccn2n1. The number of ketones is 1. The molecule has 0 atom stereocenters. The van der Waals surface area contributed by atoms with Gasteiger partial charge in [-0.2, -0.15) is 23.4 Å². The molecular formula is C32H28ClF3N4O4. The maximum absolute atomic E-state index is 13.8. The first kappa shape index (κ1) is 30.8. The number of aromatic nitrogens is 4. The Labute approximate surface area is 256 Å². The molecule has 0 spiro atoms. The van der Waals surface area contributed by atoms with Gasteiger partial charge in [-0.15, -0.1) is 0 Å². The number of carbonyl (C=O) groups is 2. The van der Waals surface area contributed by atoms with E-state index in [1.807, 2.05) is 19.1 Å². The number of carbonyl (C=O) groups excluding carboxylic acids is 2. The summed E-state index contributed by atoms with van der Waals surface area (Å²) in [5.74, 6) is -0.472. The topological polar surface area (TPSA) is 87.7 Å². The van der Waals surface area contributed by atoms with Crippen LogP contribution in [0.15, 0.2) is 72.9 Å². The molecule has 0 unspecified atom stereocenters. The van der Waals surface area contributed by atoms with Gasteiger partial charge in [0, 0.05) is 18.2 Å². The van der Waals surface area contributed by atoms with E-state index < -0.39 is 28.5 Å². The van der Waals surface area contributed by atoms with Gasteiger partial charge in [-0.05, 0) is 87.9 Å². The number of hydrogen-bond acceptors (Lipinski definition) is 6. The normalized spacial score (nSPS) is 12.0. The van der Waals surface area contributed by atoms with Crippen LogP contribution in [0.3, 0.4) is 0 Å². The standard InChI is InChI=1S/C32H28ClF3N4O4/c1-19-14-24-15-20(12-13-39(24)37-19)16-27(41)22-6-5-7-23(17-22)40-26(28(33)29(38-40)32(34,35)36)18-43-25-10-8-21(9-11-25)30(42)44-31(2,3)4/h5-15,17H,16,18H2,1-4H3. The van der Waals surface area contributed by atoms with Gasteiger partial charge < -0.3 is 9.47 Å². The molecule has 0 N–H and O–H groups in total. The number of hydrogen-bond donors (Lipinski definition) is 0. The van der Waals surface area contributed by atoms with Crippen LogP contribution < -0.4 is 4.74 Å². The molecule has 0 bridgehead atoms. The van der Waals surface area contributed by atoms with Gasteiger partial charge in [-0.1, -0.05) is 23.7 Å². The molecule has 5 rings (SSSR count). The first-order chi connectivity index (χ1) is 20.7. The number of benzene rings is 2. The Balaban J connectivity index is 1.39. The minimum absolute atomic E-state index is 0.0682. The van der Waals surface area contributed by atoms with Gasteiger partial charge in [0.1, 0.15) is 23.7 Å². The lowest BCUT2D eigenvalue weighted by Crippen LogP contribution is -2.23. The van der Waals surface area contributed by atoms with E-state index in [1.165, 1.54) is 36.4 Å². The number of nitrogens with zero attached hydrogens (tertiary/aromatic N) is 4. The van der Waals surface area contributed by atoms with Crippen molar-refractivity contribution in [3.63, 3.8) is 0 Å². The monoisotopic (exact) mass is 624 g/mol. The largest absolute Gasteiger partial charge is 0.487 e. The molecule has 0 aliphatic heterocycles. The summed E-state index contributed by atoms with van der Waals surface area (Å²) >= 11 is 6.20. The molecule has 0 fully saturated rings. The zero-order chi connectivity index (χ0) is 31.8. The van der Waals surface area contributed by atoms with Crippen LogP contribution >= 0.6 is 11.6 Å².